The third kappa shape index (κ3) is 3.34. The van der Waals surface area contributed by atoms with E-state index in [9.17, 15) is 4.79 Å². The Morgan fingerprint density at radius 1 is 1.43 bits per heavy atom. The van der Waals surface area contributed by atoms with Crippen molar-refractivity contribution >= 4 is 5.91 Å². The Bertz CT molecular complexity index is 221. The van der Waals surface area contributed by atoms with E-state index < -0.39 is 0 Å². The maximum absolute atomic E-state index is 11.7. The molecular formula is C11H18N2O. The lowest BCUT2D eigenvalue weighted by Crippen LogP contribution is -2.39. The summed E-state index contributed by atoms with van der Waals surface area (Å²) < 4.78 is 0. The van der Waals surface area contributed by atoms with Gasteiger partial charge in [0.2, 0.25) is 5.91 Å². The van der Waals surface area contributed by atoms with Crippen molar-refractivity contribution in [3.8, 4) is 0 Å². The molecule has 1 N–H and O–H groups in total. The van der Waals surface area contributed by atoms with Crippen LogP contribution in [0.3, 0.4) is 0 Å². The molecule has 78 valence electrons. The van der Waals surface area contributed by atoms with Crippen molar-refractivity contribution < 1.29 is 4.79 Å². The van der Waals surface area contributed by atoms with Crippen molar-refractivity contribution in [1.29, 1.82) is 0 Å². The summed E-state index contributed by atoms with van der Waals surface area (Å²) in [5.74, 6) is 0.161. The number of amides is 1. The van der Waals surface area contributed by atoms with E-state index in [1.54, 1.807) is 12.2 Å². The molecule has 0 saturated heterocycles. The zero-order chi connectivity index (χ0) is 10.4. The maximum Gasteiger partial charge on any atom is 0.237 e. The minimum absolute atomic E-state index is 0.161. The Morgan fingerprint density at radius 2 is 2.14 bits per heavy atom. The molecule has 0 unspecified atom stereocenters. The molecule has 0 heterocycles. The van der Waals surface area contributed by atoms with Gasteiger partial charge in [-0.1, -0.05) is 12.2 Å². The Labute approximate surface area is 85.5 Å². The fourth-order valence-corrected chi connectivity index (χ4v) is 1.36. The SMILES string of the molecule is C=CCNCC(=O)N(CC=C)C1CC1. The van der Waals surface area contributed by atoms with Crippen LogP contribution in [0.1, 0.15) is 12.8 Å². The molecule has 0 aromatic heterocycles. The molecule has 14 heavy (non-hydrogen) atoms. The predicted molar refractivity (Wildman–Crippen MR) is 58.0 cm³/mol. The van der Waals surface area contributed by atoms with E-state index in [1.165, 1.54) is 0 Å². The van der Waals surface area contributed by atoms with Crippen molar-refractivity contribution in [2.45, 2.75) is 18.9 Å². The quantitative estimate of drug-likeness (QED) is 0.483. The summed E-state index contributed by atoms with van der Waals surface area (Å²) in [7, 11) is 0. The summed E-state index contributed by atoms with van der Waals surface area (Å²) in [5, 5.41) is 3.01. The van der Waals surface area contributed by atoms with E-state index in [1.807, 2.05) is 4.90 Å². The van der Waals surface area contributed by atoms with Gasteiger partial charge in [-0.15, -0.1) is 13.2 Å². The van der Waals surface area contributed by atoms with Crippen molar-refractivity contribution in [2.24, 2.45) is 0 Å². The minimum atomic E-state index is 0.161. The van der Waals surface area contributed by atoms with Crippen LogP contribution in [-0.4, -0.2) is 36.5 Å². The second kappa shape index (κ2) is 5.60. The first-order valence-electron chi connectivity index (χ1n) is 5.01. The lowest BCUT2D eigenvalue weighted by atomic mass is 10.4. The molecule has 0 bridgehead atoms. The number of nitrogens with one attached hydrogen (secondary N) is 1. The number of carbonyl (C=O) groups excluding carboxylic acids is 1. The molecule has 1 saturated carbocycles. The van der Waals surface area contributed by atoms with Gasteiger partial charge in [0.1, 0.15) is 0 Å². The highest BCUT2D eigenvalue weighted by molar-refractivity contribution is 5.79. The van der Waals surface area contributed by atoms with Gasteiger partial charge < -0.3 is 10.2 Å². The van der Waals surface area contributed by atoms with Crippen LogP contribution in [0.2, 0.25) is 0 Å². The van der Waals surface area contributed by atoms with Gasteiger partial charge in [0.05, 0.1) is 6.54 Å². The average molecular weight is 194 g/mol. The second-order valence-corrected chi connectivity index (χ2v) is 3.49. The van der Waals surface area contributed by atoms with Crippen LogP contribution in [-0.2, 0) is 4.79 Å². The maximum atomic E-state index is 11.7. The predicted octanol–water partition coefficient (Wildman–Crippen LogP) is 0.939. The van der Waals surface area contributed by atoms with Gasteiger partial charge in [-0.2, -0.15) is 0 Å². The van der Waals surface area contributed by atoms with E-state index in [0.29, 0.717) is 25.7 Å². The van der Waals surface area contributed by atoms with Crippen LogP contribution in [0.15, 0.2) is 25.3 Å². The zero-order valence-electron chi connectivity index (χ0n) is 8.54. The first-order valence-corrected chi connectivity index (χ1v) is 5.01. The highest BCUT2D eigenvalue weighted by Crippen LogP contribution is 2.26. The summed E-state index contributed by atoms with van der Waals surface area (Å²) in [6, 6.07) is 0.464. The lowest BCUT2D eigenvalue weighted by molar-refractivity contribution is -0.130. The Hall–Kier alpha value is -1.09. The van der Waals surface area contributed by atoms with Crippen molar-refractivity contribution in [1.82, 2.24) is 10.2 Å². The summed E-state index contributed by atoms with van der Waals surface area (Å²) in [4.78, 5) is 13.6. The smallest absolute Gasteiger partial charge is 0.237 e. The second-order valence-electron chi connectivity index (χ2n) is 3.49. The number of nitrogens with zero attached hydrogens (tertiary/aromatic N) is 1. The molecule has 1 aliphatic rings. The third-order valence-corrected chi connectivity index (χ3v) is 2.20. The molecule has 1 amide bonds. The van der Waals surface area contributed by atoms with Crippen LogP contribution in [0.5, 0.6) is 0 Å². The number of rotatable bonds is 7. The van der Waals surface area contributed by atoms with Gasteiger partial charge >= 0.3 is 0 Å². The molecule has 0 aromatic rings. The standard InChI is InChI=1S/C11H18N2O/c1-3-7-12-9-11(14)13(8-4-2)10-5-6-10/h3-4,10,12H,1-2,5-9H2. The zero-order valence-corrected chi connectivity index (χ0v) is 8.54. The summed E-state index contributed by atoms with van der Waals surface area (Å²) in [6.07, 6.45) is 5.81. The molecule has 0 aliphatic heterocycles. The Morgan fingerprint density at radius 3 is 2.64 bits per heavy atom. The summed E-state index contributed by atoms with van der Waals surface area (Å²) >= 11 is 0. The fourth-order valence-electron chi connectivity index (χ4n) is 1.36. The topological polar surface area (TPSA) is 32.3 Å². The molecule has 0 aromatic carbocycles. The van der Waals surface area contributed by atoms with E-state index in [0.717, 1.165) is 12.8 Å². The van der Waals surface area contributed by atoms with Crippen LogP contribution >= 0.6 is 0 Å². The molecule has 1 aliphatic carbocycles. The number of carbonyl (C=O) groups is 1. The molecule has 0 atom stereocenters. The van der Waals surface area contributed by atoms with E-state index in [4.69, 9.17) is 0 Å². The lowest BCUT2D eigenvalue weighted by Gasteiger charge is -2.20. The number of hydrogen-bond donors (Lipinski definition) is 1. The molecule has 3 nitrogen and oxygen atoms in total. The van der Waals surface area contributed by atoms with Crippen LogP contribution < -0.4 is 5.32 Å². The van der Waals surface area contributed by atoms with Gasteiger partial charge in [0.15, 0.2) is 0 Å². The highest BCUT2D eigenvalue weighted by atomic mass is 16.2. The molecule has 0 radical (unpaired) electrons. The fraction of sp³-hybridized carbons (Fsp3) is 0.545. The van der Waals surface area contributed by atoms with Gasteiger partial charge in [0.25, 0.3) is 0 Å². The highest BCUT2D eigenvalue weighted by Gasteiger charge is 2.31. The molecule has 1 fully saturated rings. The average Bonchev–Trinajstić information content (AvgIpc) is 2.98. The molecule has 3 heteroatoms. The summed E-state index contributed by atoms with van der Waals surface area (Å²) in [5.41, 5.74) is 0. The van der Waals surface area contributed by atoms with E-state index in [2.05, 4.69) is 18.5 Å². The van der Waals surface area contributed by atoms with Crippen molar-refractivity contribution in [2.75, 3.05) is 19.6 Å². The molecule has 0 spiro atoms. The number of hydrogen-bond acceptors (Lipinski definition) is 2. The van der Waals surface area contributed by atoms with Crippen LogP contribution in [0, 0.1) is 0 Å². The molecule has 1 rings (SSSR count). The summed E-state index contributed by atoms with van der Waals surface area (Å²) in [6.45, 7) is 8.99. The first kappa shape index (κ1) is 11.0. The van der Waals surface area contributed by atoms with Gasteiger partial charge in [0, 0.05) is 19.1 Å². The van der Waals surface area contributed by atoms with Gasteiger partial charge in [-0.05, 0) is 12.8 Å². The van der Waals surface area contributed by atoms with Gasteiger partial charge in [-0.3, -0.25) is 4.79 Å². The van der Waals surface area contributed by atoms with Crippen LogP contribution in [0.4, 0.5) is 0 Å². The van der Waals surface area contributed by atoms with Crippen molar-refractivity contribution in [3.63, 3.8) is 0 Å². The van der Waals surface area contributed by atoms with Crippen LogP contribution in [0.25, 0.3) is 0 Å². The Kier molecular flexibility index (Phi) is 4.40. The third-order valence-electron chi connectivity index (χ3n) is 2.20. The monoisotopic (exact) mass is 194 g/mol. The molecular weight excluding hydrogens is 176 g/mol. The van der Waals surface area contributed by atoms with E-state index in [-0.39, 0.29) is 5.91 Å². The Balaban J connectivity index is 2.30. The largest absolute Gasteiger partial charge is 0.335 e. The first-order chi connectivity index (χ1) is 6.79. The van der Waals surface area contributed by atoms with Gasteiger partial charge in [-0.25, -0.2) is 0 Å². The van der Waals surface area contributed by atoms with Crippen molar-refractivity contribution in [3.05, 3.63) is 25.3 Å². The van der Waals surface area contributed by atoms with E-state index >= 15 is 0 Å². The normalized spacial score (nSPS) is 14.9. The minimum Gasteiger partial charge on any atom is -0.335 e.